The maximum Gasteiger partial charge on any atom is 0.256 e. The number of hydrogen-bond donors (Lipinski definition) is 1. The summed E-state index contributed by atoms with van der Waals surface area (Å²) in [6.45, 7) is 0.594. The maximum absolute atomic E-state index is 12.0. The molecule has 0 atom stereocenters. The SMILES string of the molecule is COc1ncccc1C(=O)NCCSc1ccccc1. The first-order valence-corrected chi connectivity index (χ1v) is 7.25. The number of hydrogen-bond acceptors (Lipinski definition) is 4. The van der Waals surface area contributed by atoms with E-state index in [2.05, 4.69) is 22.4 Å². The van der Waals surface area contributed by atoms with Crippen molar-refractivity contribution in [1.29, 1.82) is 0 Å². The highest BCUT2D eigenvalue weighted by Gasteiger charge is 2.11. The molecule has 2 aromatic rings. The van der Waals surface area contributed by atoms with Crippen molar-refractivity contribution in [2.75, 3.05) is 19.4 Å². The number of carbonyl (C=O) groups excluding carboxylic acids is 1. The van der Waals surface area contributed by atoms with E-state index >= 15 is 0 Å². The van der Waals surface area contributed by atoms with Crippen molar-refractivity contribution in [1.82, 2.24) is 10.3 Å². The molecular weight excluding hydrogens is 272 g/mol. The zero-order chi connectivity index (χ0) is 14.2. The lowest BCUT2D eigenvalue weighted by molar-refractivity contribution is 0.0952. The van der Waals surface area contributed by atoms with Gasteiger partial charge in [-0.1, -0.05) is 18.2 Å². The van der Waals surface area contributed by atoms with E-state index in [4.69, 9.17) is 4.74 Å². The maximum atomic E-state index is 12.0. The van der Waals surface area contributed by atoms with Crippen LogP contribution in [-0.4, -0.2) is 30.3 Å². The van der Waals surface area contributed by atoms with Crippen LogP contribution in [0.5, 0.6) is 5.88 Å². The van der Waals surface area contributed by atoms with Gasteiger partial charge in [-0.3, -0.25) is 4.79 Å². The van der Waals surface area contributed by atoms with Gasteiger partial charge in [0.05, 0.1) is 7.11 Å². The normalized spacial score (nSPS) is 10.1. The molecule has 1 aromatic heterocycles. The number of thioether (sulfide) groups is 1. The third-order valence-electron chi connectivity index (χ3n) is 2.61. The van der Waals surface area contributed by atoms with Crippen molar-refractivity contribution in [2.24, 2.45) is 0 Å². The van der Waals surface area contributed by atoms with Crippen molar-refractivity contribution in [2.45, 2.75) is 4.90 Å². The molecule has 0 spiro atoms. The van der Waals surface area contributed by atoms with E-state index in [0.717, 1.165) is 5.75 Å². The van der Waals surface area contributed by atoms with Crippen LogP contribution in [-0.2, 0) is 0 Å². The molecule has 0 fully saturated rings. The number of aromatic nitrogens is 1. The quantitative estimate of drug-likeness (QED) is 0.656. The fourth-order valence-electron chi connectivity index (χ4n) is 1.67. The number of ether oxygens (including phenoxy) is 1. The Kier molecular flexibility index (Phi) is 5.43. The third-order valence-corrected chi connectivity index (χ3v) is 3.62. The largest absolute Gasteiger partial charge is 0.480 e. The molecule has 1 N–H and O–H groups in total. The van der Waals surface area contributed by atoms with Crippen LogP contribution in [0, 0.1) is 0 Å². The van der Waals surface area contributed by atoms with Gasteiger partial charge in [0, 0.05) is 23.4 Å². The standard InChI is InChI=1S/C15H16N2O2S/c1-19-15-13(8-5-9-17-15)14(18)16-10-11-20-12-6-3-2-4-7-12/h2-9H,10-11H2,1H3,(H,16,18). The van der Waals surface area contributed by atoms with E-state index in [1.165, 1.54) is 12.0 Å². The summed E-state index contributed by atoms with van der Waals surface area (Å²) < 4.78 is 5.06. The lowest BCUT2D eigenvalue weighted by Gasteiger charge is -2.08. The molecule has 1 amide bonds. The molecule has 1 heterocycles. The Labute approximate surface area is 122 Å². The van der Waals surface area contributed by atoms with Gasteiger partial charge in [-0.15, -0.1) is 11.8 Å². The summed E-state index contributed by atoms with van der Waals surface area (Å²) in [5, 5.41) is 2.86. The summed E-state index contributed by atoms with van der Waals surface area (Å²) in [6, 6.07) is 13.5. The molecule has 5 heteroatoms. The smallest absolute Gasteiger partial charge is 0.256 e. The van der Waals surface area contributed by atoms with Crippen molar-refractivity contribution in [3.8, 4) is 5.88 Å². The number of amides is 1. The fourth-order valence-corrected chi connectivity index (χ4v) is 2.46. The highest BCUT2D eigenvalue weighted by atomic mass is 32.2. The second kappa shape index (κ2) is 7.55. The predicted octanol–water partition coefficient (Wildman–Crippen LogP) is 2.61. The Morgan fingerprint density at radius 1 is 1.25 bits per heavy atom. The fraction of sp³-hybridized carbons (Fsp3) is 0.200. The summed E-state index contributed by atoms with van der Waals surface area (Å²) in [7, 11) is 1.50. The average molecular weight is 288 g/mol. The number of methoxy groups -OCH3 is 1. The highest BCUT2D eigenvalue weighted by molar-refractivity contribution is 7.99. The topological polar surface area (TPSA) is 51.2 Å². The van der Waals surface area contributed by atoms with Gasteiger partial charge in [-0.25, -0.2) is 4.98 Å². The second-order valence-electron chi connectivity index (χ2n) is 3.98. The van der Waals surface area contributed by atoms with Gasteiger partial charge in [-0.2, -0.15) is 0 Å². The van der Waals surface area contributed by atoms with E-state index < -0.39 is 0 Å². The predicted molar refractivity (Wildman–Crippen MR) is 80.3 cm³/mol. The first kappa shape index (κ1) is 14.4. The minimum absolute atomic E-state index is 0.163. The van der Waals surface area contributed by atoms with Crippen molar-refractivity contribution < 1.29 is 9.53 Å². The van der Waals surface area contributed by atoms with Crippen LogP contribution in [0.2, 0.25) is 0 Å². The van der Waals surface area contributed by atoms with E-state index in [1.54, 1.807) is 30.1 Å². The number of pyridine rings is 1. The van der Waals surface area contributed by atoms with E-state index in [0.29, 0.717) is 18.0 Å². The van der Waals surface area contributed by atoms with Crippen molar-refractivity contribution in [3.63, 3.8) is 0 Å². The van der Waals surface area contributed by atoms with Crippen LogP contribution in [0.4, 0.5) is 0 Å². The monoisotopic (exact) mass is 288 g/mol. The average Bonchev–Trinajstić information content (AvgIpc) is 2.52. The summed E-state index contributed by atoms with van der Waals surface area (Å²) in [5.41, 5.74) is 0.458. The highest BCUT2D eigenvalue weighted by Crippen LogP contribution is 2.16. The molecule has 4 nitrogen and oxygen atoms in total. The molecule has 0 radical (unpaired) electrons. The lowest BCUT2D eigenvalue weighted by Crippen LogP contribution is -2.26. The molecule has 0 aliphatic carbocycles. The molecule has 0 saturated heterocycles. The summed E-state index contributed by atoms with van der Waals surface area (Å²) in [5.74, 6) is 1.00. The zero-order valence-corrected chi connectivity index (χ0v) is 12.0. The molecule has 0 aliphatic heterocycles. The Balaban J connectivity index is 1.81. The Bertz CT molecular complexity index is 561. The summed E-state index contributed by atoms with van der Waals surface area (Å²) in [4.78, 5) is 17.2. The van der Waals surface area contributed by atoms with E-state index in [1.807, 2.05) is 18.2 Å². The zero-order valence-electron chi connectivity index (χ0n) is 11.2. The van der Waals surface area contributed by atoms with Crippen LogP contribution in [0.25, 0.3) is 0 Å². The summed E-state index contributed by atoms with van der Waals surface area (Å²) in [6.07, 6.45) is 1.60. The van der Waals surface area contributed by atoms with Crippen molar-refractivity contribution in [3.05, 3.63) is 54.2 Å². The minimum atomic E-state index is -0.163. The van der Waals surface area contributed by atoms with Crippen molar-refractivity contribution >= 4 is 17.7 Å². The molecule has 20 heavy (non-hydrogen) atoms. The van der Waals surface area contributed by atoms with Crippen LogP contribution in [0.3, 0.4) is 0 Å². The van der Waals surface area contributed by atoms with E-state index in [9.17, 15) is 4.79 Å². The van der Waals surface area contributed by atoms with Gasteiger partial charge in [0.1, 0.15) is 5.56 Å². The van der Waals surface area contributed by atoms with Gasteiger partial charge >= 0.3 is 0 Å². The first-order valence-electron chi connectivity index (χ1n) is 6.26. The van der Waals surface area contributed by atoms with Crippen LogP contribution < -0.4 is 10.1 Å². The lowest BCUT2D eigenvalue weighted by atomic mass is 10.2. The van der Waals surface area contributed by atoms with Gasteiger partial charge in [0.15, 0.2) is 0 Å². The Morgan fingerprint density at radius 3 is 2.80 bits per heavy atom. The van der Waals surface area contributed by atoms with Crippen LogP contribution >= 0.6 is 11.8 Å². The number of benzene rings is 1. The second-order valence-corrected chi connectivity index (χ2v) is 5.15. The third kappa shape index (κ3) is 3.99. The molecule has 1 aromatic carbocycles. The van der Waals surface area contributed by atoms with Crippen LogP contribution in [0.15, 0.2) is 53.6 Å². The number of carbonyl (C=O) groups is 1. The van der Waals surface area contributed by atoms with Gasteiger partial charge < -0.3 is 10.1 Å². The Morgan fingerprint density at radius 2 is 2.05 bits per heavy atom. The molecule has 0 bridgehead atoms. The molecular formula is C15H16N2O2S. The molecule has 0 saturated carbocycles. The molecule has 2 rings (SSSR count). The summed E-state index contributed by atoms with van der Waals surface area (Å²) >= 11 is 1.71. The van der Waals surface area contributed by atoms with Gasteiger partial charge in [-0.05, 0) is 24.3 Å². The number of rotatable bonds is 6. The van der Waals surface area contributed by atoms with Gasteiger partial charge in [0.2, 0.25) is 5.88 Å². The minimum Gasteiger partial charge on any atom is -0.480 e. The number of nitrogens with one attached hydrogen (secondary N) is 1. The first-order chi connectivity index (χ1) is 9.81. The Hall–Kier alpha value is -2.01. The molecule has 104 valence electrons. The molecule has 0 unspecified atom stereocenters. The van der Waals surface area contributed by atoms with Gasteiger partial charge in [0.25, 0.3) is 5.91 Å². The van der Waals surface area contributed by atoms with Crippen LogP contribution in [0.1, 0.15) is 10.4 Å². The number of nitrogens with zero attached hydrogens (tertiary/aromatic N) is 1. The van der Waals surface area contributed by atoms with E-state index in [-0.39, 0.29) is 5.91 Å². The molecule has 0 aliphatic rings.